The third-order valence-electron chi connectivity index (χ3n) is 1.79. The summed E-state index contributed by atoms with van der Waals surface area (Å²) >= 11 is 0. The number of hydrogen-bond donors (Lipinski definition) is 0. The highest BCUT2D eigenvalue weighted by Gasteiger charge is 2.11. The van der Waals surface area contributed by atoms with Gasteiger partial charge in [0.1, 0.15) is 5.76 Å². The second kappa shape index (κ2) is 4.65. The molecular formula is C11H13FO2. The molecule has 0 aliphatic heterocycles. The van der Waals surface area contributed by atoms with Crippen molar-refractivity contribution in [2.45, 2.75) is 6.92 Å². The zero-order chi connectivity index (χ0) is 10.6. The van der Waals surface area contributed by atoms with Crippen LogP contribution >= 0.6 is 0 Å². The number of ether oxygens (including phenoxy) is 2. The van der Waals surface area contributed by atoms with Crippen LogP contribution in [0.5, 0.6) is 5.75 Å². The predicted octanol–water partition coefficient (Wildman–Crippen LogP) is 2.84. The molecule has 0 saturated heterocycles. The largest absolute Gasteiger partial charge is 0.494 e. The van der Waals surface area contributed by atoms with Gasteiger partial charge in [-0.25, -0.2) is 4.39 Å². The number of halogens is 1. The van der Waals surface area contributed by atoms with Gasteiger partial charge < -0.3 is 9.47 Å². The molecule has 0 radical (unpaired) electrons. The van der Waals surface area contributed by atoms with Crippen molar-refractivity contribution >= 4 is 5.76 Å². The number of rotatable bonds is 4. The van der Waals surface area contributed by atoms with Crippen molar-refractivity contribution < 1.29 is 13.9 Å². The van der Waals surface area contributed by atoms with Crippen molar-refractivity contribution in [2.24, 2.45) is 0 Å². The summed E-state index contributed by atoms with van der Waals surface area (Å²) in [6.07, 6.45) is 0. The minimum atomic E-state index is -0.411. The number of hydrogen-bond acceptors (Lipinski definition) is 2. The van der Waals surface area contributed by atoms with E-state index in [0.29, 0.717) is 17.9 Å². The summed E-state index contributed by atoms with van der Waals surface area (Å²) < 4.78 is 23.3. The van der Waals surface area contributed by atoms with Gasteiger partial charge in [-0.3, -0.25) is 0 Å². The fraction of sp³-hybridized carbons (Fsp3) is 0.273. The summed E-state index contributed by atoms with van der Waals surface area (Å²) in [6, 6.07) is 4.64. The standard InChI is InChI=1S/C11H13FO2/c1-4-14-8(2)9-6-5-7-10(12)11(9)13-3/h5-7H,2,4H2,1,3H3. The van der Waals surface area contributed by atoms with Gasteiger partial charge in [0.25, 0.3) is 0 Å². The molecule has 14 heavy (non-hydrogen) atoms. The lowest BCUT2D eigenvalue weighted by molar-refractivity contribution is 0.295. The van der Waals surface area contributed by atoms with Crippen LogP contribution in [0.3, 0.4) is 0 Å². The maximum absolute atomic E-state index is 13.2. The first kappa shape index (κ1) is 10.6. The first-order valence-electron chi connectivity index (χ1n) is 4.35. The van der Waals surface area contributed by atoms with Crippen molar-refractivity contribution in [1.29, 1.82) is 0 Å². The summed E-state index contributed by atoms with van der Waals surface area (Å²) in [5.41, 5.74) is 0.550. The highest BCUT2D eigenvalue weighted by molar-refractivity contribution is 5.64. The Morgan fingerprint density at radius 1 is 1.50 bits per heavy atom. The van der Waals surface area contributed by atoms with E-state index in [4.69, 9.17) is 9.47 Å². The molecule has 0 fully saturated rings. The first-order chi connectivity index (χ1) is 6.70. The van der Waals surface area contributed by atoms with Crippen LogP contribution in [0.1, 0.15) is 12.5 Å². The summed E-state index contributed by atoms with van der Waals surface area (Å²) in [5.74, 6) is 0.181. The van der Waals surface area contributed by atoms with Gasteiger partial charge in [-0.2, -0.15) is 0 Å². The molecule has 2 nitrogen and oxygen atoms in total. The van der Waals surface area contributed by atoms with Crippen LogP contribution < -0.4 is 4.74 Å². The van der Waals surface area contributed by atoms with Gasteiger partial charge in [0.05, 0.1) is 19.3 Å². The molecular weight excluding hydrogens is 183 g/mol. The monoisotopic (exact) mass is 196 g/mol. The third-order valence-corrected chi connectivity index (χ3v) is 1.79. The Bertz CT molecular complexity index is 334. The molecule has 0 amide bonds. The molecule has 0 saturated carbocycles. The Morgan fingerprint density at radius 2 is 2.21 bits per heavy atom. The highest BCUT2D eigenvalue weighted by Crippen LogP contribution is 2.28. The highest BCUT2D eigenvalue weighted by atomic mass is 19.1. The average molecular weight is 196 g/mol. The SMILES string of the molecule is C=C(OCC)c1cccc(F)c1OC. The zero-order valence-electron chi connectivity index (χ0n) is 8.34. The normalized spacial score (nSPS) is 9.64. The fourth-order valence-electron chi connectivity index (χ4n) is 1.19. The van der Waals surface area contributed by atoms with Crippen LogP contribution in [0, 0.1) is 5.82 Å². The third kappa shape index (κ3) is 2.05. The van der Waals surface area contributed by atoms with Crippen LogP contribution in [-0.4, -0.2) is 13.7 Å². The second-order valence-corrected chi connectivity index (χ2v) is 2.68. The molecule has 1 rings (SSSR count). The topological polar surface area (TPSA) is 18.5 Å². The van der Waals surface area contributed by atoms with E-state index in [2.05, 4.69) is 6.58 Å². The van der Waals surface area contributed by atoms with E-state index in [1.54, 1.807) is 12.1 Å². The molecule has 0 bridgehead atoms. The zero-order valence-corrected chi connectivity index (χ0v) is 8.34. The molecule has 0 heterocycles. The van der Waals surface area contributed by atoms with E-state index >= 15 is 0 Å². The lowest BCUT2D eigenvalue weighted by Crippen LogP contribution is -1.96. The fourth-order valence-corrected chi connectivity index (χ4v) is 1.19. The maximum atomic E-state index is 13.2. The minimum absolute atomic E-state index is 0.172. The Morgan fingerprint density at radius 3 is 2.79 bits per heavy atom. The van der Waals surface area contributed by atoms with Gasteiger partial charge in [-0.05, 0) is 19.1 Å². The molecule has 0 unspecified atom stereocenters. The molecule has 0 spiro atoms. The quantitative estimate of drug-likeness (QED) is 0.689. The molecule has 0 aromatic heterocycles. The summed E-state index contributed by atoms with van der Waals surface area (Å²) in [4.78, 5) is 0. The number of para-hydroxylation sites is 1. The van der Waals surface area contributed by atoms with Crippen molar-refractivity contribution in [1.82, 2.24) is 0 Å². The first-order valence-corrected chi connectivity index (χ1v) is 4.35. The molecule has 0 atom stereocenters. The van der Waals surface area contributed by atoms with Crippen LogP contribution in [0.25, 0.3) is 5.76 Å². The van der Waals surface area contributed by atoms with Crippen molar-refractivity contribution in [3.8, 4) is 5.75 Å². The van der Waals surface area contributed by atoms with E-state index in [1.165, 1.54) is 13.2 Å². The Labute approximate surface area is 83.0 Å². The predicted molar refractivity (Wildman–Crippen MR) is 53.6 cm³/mol. The molecule has 0 aliphatic rings. The molecule has 1 aromatic rings. The van der Waals surface area contributed by atoms with Gasteiger partial charge in [0.15, 0.2) is 11.6 Å². The smallest absolute Gasteiger partial charge is 0.165 e. The van der Waals surface area contributed by atoms with Crippen LogP contribution in [0.15, 0.2) is 24.8 Å². The van der Waals surface area contributed by atoms with Crippen molar-refractivity contribution in [2.75, 3.05) is 13.7 Å². The number of benzene rings is 1. The lowest BCUT2D eigenvalue weighted by atomic mass is 10.1. The van der Waals surface area contributed by atoms with Gasteiger partial charge in [0.2, 0.25) is 0 Å². The molecule has 0 N–H and O–H groups in total. The summed E-state index contributed by atoms with van der Waals surface area (Å²) in [6.45, 7) is 6.04. The van der Waals surface area contributed by atoms with Crippen molar-refractivity contribution in [3.63, 3.8) is 0 Å². The van der Waals surface area contributed by atoms with Crippen LogP contribution in [-0.2, 0) is 4.74 Å². The minimum Gasteiger partial charge on any atom is -0.494 e. The van der Waals surface area contributed by atoms with Gasteiger partial charge in [0, 0.05) is 0 Å². The van der Waals surface area contributed by atoms with Crippen LogP contribution in [0.2, 0.25) is 0 Å². The molecule has 1 aromatic carbocycles. The Hall–Kier alpha value is -1.51. The molecule has 3 heteroatoms. The van der Waals surface area contributed by atoms with E-state index in [0.717, 1.165) is 0 Å². The van der Waals surface area contributed by atoms with E-state index in [-0.39, 0.29) is 5.75 Å². The van der Waals surface area contributed by atoms with E-state index < -0.39 is 5.82 Å². The van der Waals surface area contributed by atoms with E-state index in [1.807, 2.05) is 6.92 Å². The molecule has 76 valence electrons. The maximum Gasteiger partial charge on any atom is 0.165 e. The average Bonchev–Trinajstić information content (AvgIpc) is 2.17. The Balaban J connectivity index is 3.07. The summed E-state index contributed by atoms with van der Waals surface area (Å²) in [7, 11) is 1.42. The second-order valence-electron chi connectivity index (χ2n) is 2.68. The summed E-state index contributed by atoms with van der Waals surface area (Å²) in [5, 5.41) is 0. The van der Waals surface area contributed by atoms with Gasteiger partial charge >= 0.3 is 0 Å². The molecule has 0 aliphatic carbocycles. The van der Waals surface area contributed by atoms with E-state index in [9.17, 15) is 4.39 Å². The van der Waals surface area contributed by atoms with Crippen LogP contribution in [0.4, 0.5) is 4.39 Å². The van der Waals surface area contributed by atoms with Gasteiger partial charge in [-0.1, -0.05) is 12.6 Å². The number of methoxy groups -OCH3 is 1. The van der Waals surface area contributed by atoms with Crippen molar-refractivity contribution in [3.05, 3.63) is 36.2 Å². The van der Waals surface area contributed by atoms with Gasteiger partial charge in [-0.15, -0.1) is 0 Å². The Kier molecular flexibility index (Phi) is 3.51. The lowest BCUT2D eigenvalue weighted by Gasteiger charge is -2.11.